The molecule has 0 aliphatic carbocycles. The minimum absolute atomic E-state index is 0.225. The smallest absolute Gasteiger partial charge is 0.410 e. The van der Waals surface area contributed by atoms with Gasteiger partial charge in [-0.15, -0.1) is 0 Å². The summed E-state index contributed by atoms with van der Waals surface area (Å²) in [6.07, 6.45) is 3.62. The molecule has 1 saturated heterocycles. The topological polar surface area (TPSA) is 42.4 Å². The molecule has 0 radical (unpaired) electrons. The predicted molar refractivity (Wildman–Crippen MR) is 81.7 cm³/mol. The summed E-state index contributed by atoms with van der Waals surface area (Å²) < 4.78 is 6.47. The normalized spacial score (nSPS) is 19.8. The second-order valence-electron chi connectivity index (χ2n) is 6.16. The first-order chi connectivity index (χ1) is 9.35. The van der Waals surface area contributed by atoms with Gasteiger partial charge in [0.25, 0.3) is 0 Å². The van der Waals surface area contributed by atoms with Crippen molar-refractivity contribution >= 4 is 22.0 Å². The van der Waals surface area contributed by atoms with Crippen LogP contribution in [0.3, 0.4) is 0 Å². The van der Waals surface area contributed by atoms with Crippen LogP contribution >= 0.6 is 15.9 Å². The maximum Gasteiger partial charge on any atom is 0.410 e. The van der Waals surface area contributed by atoms with Gasteiger partial charge >= 0.3 is 6.09 Å². The minimum Gasteiger partial charge on any atom is -0.444 e. The van der Waals surface area contributed by atoms with Gasteiger partial charge in [-0.05, 0) is 45.7 Å². The van der Waals surface area contributed by atoms with E-state index in [1.54, 1.807) is 11.1 Å². The Kier molecular flexibility index (Phi) is 4.68. The molecule has 0 saturated carbocycles. The molecular weight excluding hydrogens is 320 g/mol. The lowest BCUT2D eigenvalue weighted by Crippen LogP contribution is -2.42. The van der Waals surface area contributed by atoms with Crippen molar-refractivity contribution in [1.29, 1.82) is 0 Å². The van der Waals surface area contributed by atoms with Crippen molar-refractivity contribution in [3.05, 3.63) is 28.5 Å². The SMILES string of the molecule is CC(C)(C)OC(=O)N1CCCC(c2cc(Br)ccn2)C1. The second kappa shape index (κ2) is 6.12. The number of pyridine rings is 1. The van der Waals surface area contributed by atoms with E-state index in [1.807, 2.05) is 32.9 Å². The lowest BCUT2D eigenvalue weighted by atomic mass is 9.94. The molecule has 1 amide bonds. The van der Waals surface area contributed by atoms with E-state index in [-0.39, 0.29) is 12.0 Å². The fourth-order valence-corrected chi connectivity index (χ4v) is 2.71. The summed E-state index contributed by atoms with van der Waals surface area (Å²) in [7, 11) is 0. The third kappa shape index (κ3) is 4.20. The highest BCUT2D eigenvalue weighted by Gasteiger charge is 2.28. The van der Waals surface area contributed by atoms with Gasteiger partial charge in [0, 0.05) is 35.4 Å². The molecule has 5 heteroatoms. The van der Waals surface area contributed by atoms with Gasteiger partial charge in [0.05, 0.1) is 0 Å². The van der Waals surface area contributed by atoms with Crippen LogP contribution < -0.4 is 0 Å². The van der Waals surface area contributed by atoms with E-state index in [9.17, 15) is 4.79 Å². The molecule has 0 spiro atoms. The Bertz CT molecular complexity index is 485. The van der Waals surface area contributed by atoms with Crippen molar-refractivity contribution < 1.29 is 9.53 Å². The summed E-state index contributed by atoms with van der Waals surface area (Å²) in [5.74, 6) is 0.286. The molecule has 2 rings (SSSR count). The first-order valence-electron chi connectivity index (χ1n) is 6.94. The van der Waals surface area contributed by atoms with Crippen LogP contribution in [-0.4, -0.2) is 34.7 Å². The van der Waals surface area contributed by atoms with Crippen LogP contribution in [0.4, 0.5) is 4.79 Å². The largest absolute Gasteiger partial charge is 0.444 e. The van der Waals surface area contributed by atoms with E-state index >= 15 is 0 Å². The predicted octanol–water partition coefficient (Wildman–Crippen LogP) is 3.96. The Balaban J connectivity index is 2.03. The van der Waals surface area contributed by atoms with Crippen LogP contribution in [0.5, 0.6) is 0 Å². The number of amides is 1. The zero-order valence-electron chi connectivity index (χ0n) is 12.2. The zero-order chi connectivity index (χ0) is 14.8. The summed E-state index contributed by atoms with van der Waals surface area (Å²) in [6, 6.07) is 3.95. The summed E-state index contributed by atoms with van der Waals surface area (Å²) >= 11 is 3.47. The van der Waals surface area contributed by atoms with Crippen molar-refractivity contribution in [2.75, 3.05) is 13.1 Å². The molecule has 0 aromatic carbocycles. The van der Waals surface area contributed by atoms with Crippen LogP contribution in [0.15, 0.2) is 22.8 Å². The molecule has 1 aliphatic rings. The lowest BCUT2D eigenvalue weighted by molar-refractivity contribution is 0.0197. The quantitative estimate of drug-likeness (QED) is 0.777. The molecule has 1 aromatic rings. The van der Waals surface area contributed by atoms with Gasteiger partial charge < -0.3 is 9.64 Å². The average molecular weight is 341 g/mol. The number of halogens is 1. The second-order valence-corrected chi connectivity index (χ2v) is 7.08. The number of hydrogen-bond donors (Lipinski definition) is 0. The Morgan fingerprint density at radius 3 is 2.90 bits per heavy atom. The van der Waals surface area contributed by atoms with Crippen LogP contribution in [0.25, 0.3) is 0 Å². The van der Waals surface area contributed by atoms with E-state index < -0.39 is 5.60 Å². The van der Waals surface area contributed by atoms with Gasteiger partial charge in [-0.2, -0.15) is 0 Å². The number of nitrogens with zero attached hydrogens (tertiary/aromatic N) is 2. The molecule has 1 fully saturated rings. The number of likely N-dealkylation sites (tertiary alicyclic amines) is 1. The van der Waals surface area contributed by atoms with Crippen LogP contribution in [0, 0.1) is 0 Å². The summed E-state index contributed by atoms with van der Waals surface area (Å²) in [4.78, 5) is 18.3. The van der Waals surface area contributed by atoms with Crippen molar-refractivity contribution in [2.45, 2.75) is 45.1 Å². The highest BCUT2D eigenvalue weighted by atomic mass is 79.9. The fraction of sp³-hybridized carbons (Fsp3) is 0.600. The number of aromatic nitrogens is 1. The standard InChI is InChI=1S/C15H21BrN2O2/c1-15(2,3)20-14(19)18-8-4-5-11(10-18)13-9-12(16)6-7-17-13/h6-7,9,11H,4-5,8,10H2,1-3H3. The first-order valence-corrected chi connectivity index (χ1v) is 7.74. The van der Waals surface area contributed by atoms with E-state index in [2.05, 4.69) is 20.9 Å². The van der Waals surface area contributed by atoms with Gasteiger partial charge in [0.15, 0.2) is 0 Å². The monoisotopic (exact) mass is 340 g/mol. The maximum atomic E-state index is 12.1. The van der Waals surface area contributed by atoms with E-state index in [4.69, 9.17) is 4.74 Å². The van der Waals surface area contributed by atoms with Crippen LogP contribution in [0.1, 0.15) is 45.2 Å². The molecule has 0 N–H and O–H groups in total. The van der Waals surface area contributed by atoms with Gasteiger partial charge in [0.2, 0.25) is 0 Å². The van der Waals surface area contributed by atoms with Crippen molar-refractivity contribution in [3.63, 3.8) is 0 Å². The van der Waals surface area contributed by atoms with Gasteiger partial charge in [-0.25, -0.2) is 4.79 Å². The molecule has 1 aliphatic heterocycles. The molecule has 0 bridgehead atoms. The highest BCUT2D eigenvalue weighted by molar-refractivity contribution is 9.10. The molecule has 4 nitrogen and oxygen atoms in total. The number of carbonyl (C=O) groups excluding carboxylic acids is 1. The van der Waals surface area contributed by atoms with Gasteiger partial charge in [-0.1, -0.05) is 15.9 Å². The first kappa shape index (κ1) is 15.3. The van der Waals surface area contributed by atoms with Crippen molar-refractivity contribution in [1.82, 2.24) is 9.88 Å². The van der Waals surface area contributed by atoms with Gasteiger partial charge in [-0.3, -0.25) is 4.98 Å². The highest BCUT2D eigenvalue weighted by Crippen LogP contribution is 2.27. The maximum absolute atomic E-state index is 12.1. The molecule has 1 aromatic heterocycles. The molecule has 1 unspecified atom stereocenters. The molecule has 2 heterocycles. The molecule has 110 valence electrons. The Labute approximate surface area is 128 Å². The van der Waals surface area contributed by atoms with Crippen LogP contribution in [0.2, 0.25) is 0 Å². The summed E-state index contributed by atoms with van der Waals surface area (Å²) in [6.45, 7) is 7.12. The Morgan fingerprint density at radius 2 is 2.25 bits per heavy atom. The van der Waals surface area contributed by atoms with E-state index in [0.29, 0.717) is 6.54 Å². The van der Waals surface area contributed by atoms with E-state index in [1.165, 1.54) is 0 Å². The molecule has 20 heavy (non-hydrogen) atoms. The minimum atomic E-state index is -0.446. The van der Waals surface area contributed by atoms with Crippen LogP contribution in [-0.2, 0) is 4.74 Å². The third-order valence-corrected chi connectivity index (χ3v) is 3.73. The van der Waals surface area contributed by atoms with Crippen molar-refractivity contribution in [2.24, 2.45) is 0 Å². The number of rotatable bonds is 1. The third-order valence-electron chi connectivity index (χ3n) is 3.23. The number of carbonyl (C=O) groups is 1. The Morgan fingerprint density at radius 1 is 1.50 bits per heavy atom. The number of hydrogen-bond acceptors (Lipinski definition) is 3. The molecule has 1 atom stereocenters. The molecular formula is C15H21BrN2O2. The summed E-state index contributed by atoms with van der Waals surface area (Å²) in [5.41, 5.74) is 0.588. The number of ether oxygens (including phenoxy) is 1. The average Bonchev–Trinajstić information content (AvgIpc) is 2.37. The zero-order valence-corrected chi connectivity index (χ0v) is 13.8. The lowest BCUT2D eigenvalue weighted by Gasteiger charge is -2.33. The number of piperidine rings is 1. The Hall–Kier alpha value is -1.10. The summed E-state index contributed by atoms with van der Waals surface area (Å²) in [5, 5.41) is 0. The van der Waals surface area contributed by atoms with Gasteiger partial charge in [0.1, 0.15) is 5.60 Å². The van der Waals surface area contributed by atoms with Crippen molar-refractivity contribution in [3.8, 4) is 0 Å². The fourth-order valence-electron chi connectivity index (χ4n) is 2.36. The van der Waals surface area contributed by atoms with E-state index in [0.717, 1.165) is 29.6 Å².